The highest BCUT2D eigenvalue weighted by Gasteiger charge is 2.50. The minimum absolute atomic E-state index is 0.152. The van der Waals surface area contributed by atoms with Crippen molar-refractivity contribution in [2.45, 2.75) is 34.7 Å². The van der Waals surface area contributed by atoms with E-state index >= 15 is 0 Å². The highest BCUT2D eigenvalue weighted by Crippen LogP contribution is 2.48. The van der Waals surface area contributed by atoms with Crippen LogP contribution in [0.15, 0.2) is 41.4 Å². The van der Waals surface area contributed by atoms with E-state index in [0.717, 1.165) is 22.6 Å². The summed E-state index contributed by atoms with van der Waals surface area (Å²) in [4.78, 5) is 19.6. The number of ether oxygens (including phenoxy) is 1. The van der Waals surface area contributed by atoms with Gasteiger partial charge in [0.15, 0.2) is 17.5 Å². The summed E-state index contributed by atoms with van der Waals surface area (Å²) in [6.45, 7) is -0.700. The standard InChI is InChI=1S/C20H17Cl2F3N3O7PS/c21-10-2-1-9(5-11(10)22)37-20-19(35-36(31,32)33)17(18(30)15(7-29)34-20)28-6-14(26-27-28)8-3-12(23)16(25)13(24)4-8/h1-6,15,17-20,29-30H,7H2,(H2,31,32,33)/t15?,17?,18-,19?,20+/m0/s1. The van der Waals surface area contributed by atoms with E-state index in [1.54, 1.807) is 6.07 Å². The quantitative estimate of drug-likeness (QED) is 0.234. The highest BCUT2D eigenvalue weighted by atomic mass is 35.5. The Bertz CT molecular complexity index is 1330. The van der Waals surface area contributed by atoms with Gasteiger partial charge in [-0.15, -0.1) is 5.10 Å². The largest absolute Gasteiger partial charge is 0.470 e. The van der Waals surface area contributed by atoms with Gasteiger partial charge < -0.3 is 24.7 Å². The fourth-order valence-corrected chi connectivity index (χ4v) is 5.82. The van der Waals surface area contributed by atoms with Crippen LogP contribution < -0.4 is 0 Å². The average molecular weight is 602 g/mol. The number of phosphoric acid groups is 1. The van der Waals surface area contributed by atoms with Crippen LogP contribution >= 0.6 is 42.8 Å². The van der Waals surface area contributed by atoms with Crippen LogP contribution in [0.25, 0.3) is 11.3 Å². The summed E-state index contributed by atoms with van der Waals surface area (Å²) >= 11 is 12.9. The lowest BCUT2D eigenvalue weighted by Gasteiger charge is -2.43. The monoisotopic (exact) mass is 601 g/mol. The van der Waals surface area contributed by atoms with Crippen molar-refractivity contribution in [2.75, 3.05) is 6.61 Å². The molecule has 0 bridgehead atoms. The van der Waals surface area contributed by atoms with Gasteiger partial charge in [-0.1, -0.05) is 40.2 Å². The summed E-state index contributed by atoms with van der Waals surface area (Å²) in [5.41, 5.74) is -1.60. The Morgan fingerprint density at radius 1 is 1.14 bits per heavy atom. The fraction of sp³-hybridized carbons (Fsp3) is 0.300. The smallest absolute Gasteiger partial charge is 0.394 e. The molecule has 1 fully saturated rings. The van der Waals surface area contributed by atoms with E-state index in [4.69, 9.17) is 32.5 Å². The maximum atomic E-state index is 13.7. The molecule has 2 aromatic carbocycles. The van der Waals surface area contributed by atoms with E-state index in [-0.39, 0.29) is 21.3 Å². The van der Waals surface area contributed by atoms with Gasteiger partial charge in [0, 0.05) is 10.5 Å². The maximum Gasteiger partial charge on any atom is 0.470 e. The van der Waals surface area contributed by atoms with Gasteiger partial charge in [0.2, 0.25) is 0 Å². The van der Waals surface area contributed by atoms with Gasteiger partial charge in [0.25, 0.3) is 0 Å². The van der Waals surface area contributed by atoms with Crippen molar-refractivity contribution in [3.8, 4) is 11.3 Å². The summed E-state index contributed by atoms with van der Waals surface area (Å²) in [7, 11) is -5.19. The molecule has 0 radical (unpaired) electrons. The highest BCUT2D eigenvalue weighted by molar-refractivity contribution is 7.99. The second kappa shape index (κ2) is 11.2. The Morgan fingerprint density at radius 3 is 2.41 bits per heavy atom. The van der Waals surface area contributed by atoms with Gasteiger partial charge in [-0.25, -0.2) is 22.4 Å². The number of thioether (sulfide) groups is 1. The number of aliphatic hydroxyl groups is 2. The third kappa shape index (κ3) is 6.31. The molecule has 0 amide bonds. The number of phosphoric ester groups is 1. The summed E-state index contributed by atoms with van der Waals surface area (Å²) in [5, 5.41) is 28.7. The number of benzene rings is 2. The fourth-order valence-electron chi connectivity index (χ4n) is 3.67. The molecule has 1 aliphatic heterocycles. The van der Waals surface area contributed by atoms with Gasteiger partial charge in [-0.05, 0) is 30.3 Å². The van der Waals surface area contributed by atoms with Crippen LogP contribution in [-0.2, 0) is 13.8 Å². The van der Waals surface area contributed by atoms with E-state index in [0.29, 0.717) is 17.0 Å². The minimum atomic E-state index is -5.19. The Hall–Kier alpha value is -1.71. The number of rotatable bonds is 7. The van der Waals surface area contributed by atoms with Crippen LogP contribution in [0.1, 0.15) is 6.04 Å². The predicted molar refractivity (Wildman–Crippen MR) is 125 cm³/mol. The van der Waals surface area contributed by atoms with Crippen LogP contribution in [0.3, 0.4) is 0 Å². The van der Waals surface area contributed by atoms with Crippen molar-refractivity contribution in [1.82, 2.24) is 15.0 Å². The molecule has 1 aliphatic rings. The second-order valence-electron chi connectivity index (χ2n) is 7.80. The van der Waals surface area contributed by atoms with Crippen molar-refractivity contribution in [2.24, 2.45) is 0 Å². The number of nitrogens with zero attached hydrogens (tertiary/aromatic N) is 3. The molecule has 0 spiro atoms. The molecular weight excluding hydrogens is 585 g/mol. The number of halogens is 5. The molecule has 3 aromatic rings. The maximum absolute atomic E-state index is 13.7. The molecule has 10 nitrogen and oxygen atoms in total. The number of hydrogen-bond acceptors (Lipinski definition) is 8. The second-order valence-corrected chi connectivity index (χ2v) is 11.0. The molecule has 1 saturated heterocycles. The third-order valence-electron chi connectivity index (χ3n) is 5.32. The van der Waals surface area contributed by atoms with E-state index in [1.807, 2.05) is 0 Å². The molecule has 5 atom stereocenters. The topological polar surface area (TPSA) is 147 Å². The molecular formula is C20H17Cl2F3N3O7PS. The van der Waals surface area contributed by atoms with Crippen molar-refractivity contribution in [3.63, 3.8) is 0 Å². The first kappa shape index (κ1) is 28.3. The first-order valence-corrected chi connectivity index (χ1v) is 13.4. The van der Waals surface area contributed by atoms with Gasteiger partial charge in [-0.3, -0.25) is 4.52 Å². The summed E-state index contributed by atoms with van der Waals surface area (Å²) < 4.78 is 64.3. The lowest BCUT2D eigenvalue weighted by atomic mass is 9.97. The van der Waals surface area contributed by atoms with Gasteiger partial charge in [0.1, 0.15) is 35.5 Å². The van der Waals surface area contributed by atoms with E-state index in [9.17, 15) is 37.7 Å². The first-order valence-electron chi connectivity index (χ1n) is 10.2. The predicted octanol–water partition coefficient (Wildman–Crippen LogP) is 3.56. The van der Waals surface area contributed by atoms with Crippen LogP contribution in [0.2, 0.25) is 10.0 Å². The van der Waals surface area contributed by atoms with Crippen LogP contribution in [0.4, 0.5) is 13.2 Å². The Balaban J connectivity index is 1.74. The molecule has 0 saturated carbocycles. The summed E-state index contributed by atoms with van der Waals surface area (Å²) in [6.07, 6.45) is -3.40. The van der Waals surface area contributed by atoms with Crippen LogP contribution in [0.5, 0.6) is 0 Å². The lowest BCUT2D eigenvalue weighted by molar-refractivity contribution is -0.175. The molecule has 2 heterocycles. The van der Waals surface area contributed by atoms with E-state index in [2.05, 4.69) is 10.3 Å². The summed E-state index contributed by atoms with van der Waals surface area (Å²) in [6, 6.07) is 4.43. The molecule has 3 unspecified atom stereocenters. The van der Waals surface area contributed by atoms with Crippen molar-refractivity contribution < 1.29 is 47.0 Å². The van der Waals surface area contributed by atoms with E-state index < -0.39 is 61.7 Å². The zero-order chi connectivity index (χ0) is 27.1. The average Bonchev–Trinajstić information content (AvgIpc) is 3.30. The van der Waals surface area contributed by atoms with Gasteiger partial charge in [0.05, 0.1) is 22.8 Å². The van der Waals surface area contributed by atoms with Gasteiger partial charge in [-0.2, -0.15) is 0 Å². The zero-order valence-electron chi connectivity index (χ0n) is 18.2. The first-order chi connectivity index (χ1) is 17.4. The molecule has 4 N–H and O–H groups in total. The van der Waals surface area contributed by atoms with Crippen LogP contribution in [-0.4, -0.2) is 65.3 Å². The zero-order valence-corrected chi connectivity index (χ0v) is 21.4. The lowest BCUT2D eigenvalue weighted by Crippen LogP contribution is -2.55. The molecule has 37 heavy (non-hydrogen) atoms. The SMILES string of the molecule is O=P(O)(O)OC1C(n2cc(-c3cc(F)c(F)c(F)c3)nn2)[C@@H](O)C(CO)O[C@@H]1Sc1ccc(Cl)c(Cl)c1. The Labute approximate surface area is 221 Å². The molecule has 200 valence electrons. The number of aromatic nitrogens is 3. The van der Waals surface area contributed by atoms with Crippen LogP contribution in [0, 0.1) is 17.5 Å². The molecule has 4 rings (SSSR count). The van der Waals surface area contributed by atoms with E-state index in [1.165, 1.54) is 12.1 Å². The Morgan fingerprint density at radius 2 is 1.81 bits per heavy atom. The molecule has 1 aromatic heterocycles. The van der Waals surface area contributed by atoms with Crippen molar-refractivity contribution in [3.05, 3.63) is 64.0 Å². The molecule has 0 aliphatic carbocycles. The number of aliphatic hydroxyl groups excluding tert-OH is 2. The molecule has 17 heteroatoms. The van der Waals surface area contributed by atoms with Crippen molar-refractivity contribution >= 4 is 42.8 Å². The third-order valence-corrected chi connectivity index (χ3v) is 7.72. The van der Waals surface area contributed by atoms with Gasteiger partial charge >= 0.3 is 7.82 Å². The minimum Gasteiger partial charge on any atom is -0.394 e. The Kier molecular flexibility index (Phi) is 8.56. The number of hydrogen-bond donors (Lipinski definition) is 4. The summed E-state index contributed by atoms with van der Waals surface area (Å²) in [5.74, 6) is -4.63. The normalized spacial score (nSPS) is 24.4. The van der Waals surface area contributed by atoms with Crippen molar-refractivity contribution in [1.29, 1.82) is 0 Å².